The van der Waals surface area contributed by atoms with Crippen molar-refractivity contribution >= 4 is 40.2 Å². The number of ether oxygens (including phenoxy) is 1. The fourth-order valence-corrected chi connectivity index (χ4v) is 5.24. The molecule has 1 aromatic carbocycles. The summed E-state index contributed by atoms with van der Waals surface area (Å²) in [5.41, 5.74) is 4.72. The van der Waals surface area contributed by atoms with Gasteiger partial charge in [0.2, 0.25) is 11.8 Å². The van der Waals surface area contributed by atoms with Gasteiger partial charge in [-0.3, -0.25) is 9.59 Å². The number of benzene rings is 1. The molecule has 0 radical (unpaired) electrons. The Kier molecular flexibility index (Phi) is 7.34. The van der Waals surface area contributed by atoms with Crippen LogP contribution in [-0.4, -0.2) is 47.5 Å². The van der Waals surface area contributed by atoms with E-state index in [1.54, 1.807) is 16.2 Å². The highest BCUT2D eigenvalue weighted by Crippen LogP contribution is 2.26. The van der Waals surface area contributed by atoms with Gasteiger partial charge in [-0.05, 0) is 55.3 Å². The third-order valence-corrected chi connectivity index (χ3v) is 7.29. The Labute approximate surface area is 196 Å². The number of hydrogen-bond acceptors (Lipinski definition) is 6. The van der Waals surface area contributed by atoms with Crippen LogP contribution in [0.25, 0.3) is 10.6 Å². The molecule has 1 fully saturated rings. The predicted molar refractivity (Wildman–Crippen MR) is 129 cm³/mol. The molecule has 6 nitrogen and oxygen atoms in total. The number of rotatable bonds is 8. The summed E-state index contributed by atoms with van der Waals surface area (Å²) in [7, 11) is 0. The number of carbonyl (C=O) groups excluding carboxylic acids is 2. The zero-order valence-corrected chi connectivity index (χ0v) is 19.9. The minimum atomic E-state index is -0.206. The number of nitrogens with one attached hydrogen (secondary N) is 1. The summed E-state index contributed by atoms with van der Waals surface area (Å²) in [4.78, 5) is 32.2. The van der Waals surface area contributed by atoms with Crippen LogP contribution in [0.2, 0.25) is 0 Å². The normalized spacial score (nSPS) is 15.6. The third-order valence-electron chi connectivity index (χ3n) is 5.67. The third kappa shape index (κ3) is 5.62. The van der Waals surface area contributed by atoms with Crippen molar-refractivity contribution in [2.75, 3.05) is 25.0 Å². The van der Waals surface area contributed by atoms with Gasteiger partial charge in [-0.25, -0.2) is 4.98 Å². The van der Waals surface area contributed by atoms with Crippen molar-refractivity contribution in [1.29, 1.82) is 0 Å². The van der Waals surface area contributed by atoms with Gasteiger partial charge in [-0.2, -0.15) is 11.3 Å². The number of hydrogen-bond donors (Lipinski definition) is 1. The van der Waals surface area contributed by atoms with Gasteiger partial charge in [-0.1, -0.05) is 12.1 Å². The van der Waals surface area contributed by atoms with Crippen molar-refractivity contribution < 1.29 is 14.3 Å². The standard InChI is InChI=1S/C24H27N3O3S2/c1-16-5-3-7-21(17(16)2)26-22(28)13-27(12-20-6-4-9-30-20)23(29)11-19-15-32-24(25-19)18-8-10-31-14-18/h3,5,7-8,10,14-15,20H,4,6,9,11-13H2,1-2H3,(H,26,28). The van der Waals surface area contributed by atoms with Crippen LogP contribution in [0, 0.1) is 13.8 Å². The molecule has 0 aliphatic carbocycles. The van der Waals surface area contributed by atoms with Crippen LogP contribution in [0.5, 0.6) is 0 Å². The van der Waals surface area contributed by atoms with Crippen LogP contribution in [-0.2, 0) is 20.7 Å². The van der Waals surface area contributed by atoms with Crippen molar-refractivity contribution in [3.8, 4) is 10.6 Å². The molecule has 168 valence electrons. The second-order valence-electron chi connectivity index (χ2n) is 8.04. The van der Waals surface area contributed by atoms with Gasteiger partial charge in [0.15, 0.2) is 0 Å². The van der Waals surface area contributed by atoms with E-state index in [1.165, 1.54) is 11.3 Å². The van der Waals surface area contributed by atoms with Gasteiger partial charge in [0, 0.05) is 35.2 Å². The molecule has 1 saturated heterocycles. The van der Waals surface area contributed by atoms with E-state index in [-0.39, 0.29) is 30.9 Å². The quantitative estimate of drug-likeness (QED) is 0.520. The second-order valence-corrected chi connectivity index (χ2v) is 9.68. The molecule has 3 heterocycles. The summed E-state index contributed by atoms with van der Waals surface area (Å²) in [6.07, 6.45) is 2.03. The summed E-state index contributed by atoms with van der Waals surface area (Å²) >= 11 is 3.16. The highest BCUT2D eigenvalue weighted by Gasteiger charge is 2.25. The first-order chi connectivity index (χ1) is 15.5. The lowest BCUT2D eigenvalue weighted by atomic mass is 10.1. The van der Waals surface area contributed by atoms with E-state index in [0.717, 1.165) is 45.9 Å². The zero-order valence-electron chi connectivity index (χ0n) is 18.3. The largest absolute Gasteiger partial charge is 0.376 e. The monoisotopic (exact) mass is 469 g/mol. The van der Waals surface area contributed by atoms with E-state index < -0.39 is 0 Å². The Morgan fingerprint density at radius 1 is 1.25 bits per heavy atom. The van der Waals surface area contributed by atoms with Crippen LogP contribution < -0.4 is 5.32 Å². The highest BCUT2D eigenvalue weighted by molar-refractivity contribution is 7.14. The molecule has 1 aliphatic heterocycles. The molecule has 1 aliphatic rings. The van der Waals surface area contributed by atoms with E-state index in [0.29, 0.717) is 13.2 Å². The van der Waals surface area contributed by atoms with Gasteiger partial charge >= 0.3 is 0 Å². The molecule has 8 heteroatoms. The maximum Gasteiger partial charge on any atom is 0.244 e. The summed E-state index contributed by atoms with van der Waals surface area (Å²) in [5, 5.41) is 9.85. The molecule has 0 saturated carbocycles. The molecular formula is C24H27N3O3S2. The van der Waals surface area contributed by atoms with E-state index in [2.05, 4.69) is 10.3 Å². The Balaban J connectivity index is 1.44. The van der Waals surface area contributed by atoms with Crippen molar-refractivity contribution in [3.63, 3.8) is 0 Å². The zero-order chi connectivity index (χ0) is 22.5. The molecule has 1 atom stereocenters. The number of thiazole rings is 1. The summed E-state index contributed by atoms with van der Waals surface area (Å²) in [5.74, 6) is -0.318. The number of aromatic nitrogens is 1. The fraction of sp³-hybridized carbons (Fsp3) is 0.375. The molecule has 3 aromatic rings. The highest BCUT2D eigenvalue weighted by atomic mass is 32.1. The molecule has 0 spiro atoms. The van der Waals surface area contributed by atoms with Gasteiger partial charge in [0.1, 0.15) is 5.01 Å². The van der Waals surface area contributed by atoms with Crippen LogP contribution in [0.1, 0.15) is 29.7 Å². The first kappa shape index (κ1) is 22.6. The average molecular weight is 470 g/mol. The van der Waals surface area contributed by atoms with Gasteiger partial charge in [0.05, 0.1) is 24.8 Å². The summed E-state index contributed by atoms with van der Waals surface area (Å²) in [6, 6.07) is 7.83. The molecule has 1 unspecified atom stereocenters. The van der Waals surface area contributed by atoms with Crippen LogP contribution >= 0.6 is 22.7 Å². The SMILES string of the molecule is Cc1cccc(NC(=O)CN(CC2CCCO2)C(=O)Cc2csc(-c3ccsc3)n2)c1C. The second kappa shape index (κ2) is 10.4. The van der Waals surface area contributed by atoms with E-state index in [1.807, 2.05) is 54.3 Å². The Morgan fingerprint density at radius 3 is 2.88 bits per heavy atom. The number of amides is 2. The molecule has 4 rings (SSSR count). The van der Waals surface area contributed by atoms with Gasteiger partial charge < -0.3 is 15.0 Å². The van der Waals surface area contributed by atoms with Gasteiger partial charge in [0.25, 0.3) is 0 Å². The molecule has 1 N–H and O–H groups in total. The number of nitrogens with zero attached hydrogens (tertiary/aromatic N) is 2. The van der Waals surface area contributed by atoms with Crippen molar-refractivity contribution in [3.05, 3.63) is 57.2 Å². The number of aryl methyl sites for hydroxylation is 1. The minimum Gasteiger partial charge on any atom is -0.376 e. The van der Waals surface area contributed by atoms with Crippen molar-refractivity contribution in [1.82, 2.24) is 9.88 Å². The van der Waals surface area contributed by atoms with Crippen molar-refractivity contribution in [2.24, 2.45) is 0 Å². The van der Waals surface area contributed by atoms with E-state index in [9.17, 15) is 9.59 Å². The topological polar surface area (TPSA) is 71.5 Å². The van der Waals surface area contributed by atoms with Crippen LogP contribution in [0.3, 0.4) is 0 Å². The minimum absolute atomic E-state index is 0.00635. The van der Waals surface area contributed by atoms with E-state index >= 15 is 0 Å². The molecule has 2 aromatic heterocycles. The molecule has 0 bridgehead atoms. The lowest BCUT2D eigenvalue weighted by Gasteiger charge is -2.25. The van der Waals surface area contributed by atoms with E-state index in [4.69, 9.17) is 4.74 Å². The number of carbonyl (C=O) groups is 2. The summed E-state index contributed by atoms with van der Waals surface area (Å²) in [6.45, 7) is 5.11. The maximum absolute atomic E-state index is 13.2. The number of thiophene rings is 1. The molecule has 32 heavy (non-hydrogen) atoms. The fourth-order valence-electron chi connectivity index (χ4n) is 3.71. The lowest BCUT2D eigenvalue weighted by molar-refractivity contribution is -0.135. The first-order valence-corrected chi connectivity index (χ1v) is 12.5. The summed E-state index contributed by atoms with van der Waals surface area (Å²) < 4.78 is 5.73. The predicted octanol–water partition coefficient (Wildman–Crippen LogP) is 4.68. The van der Waals surface area contributed by atoms with Crippen molar-refractivity contribution in [2.45, 2.75) is 39.2 Å². The van der Waals surface area contributed by atoms with Crippen LogP contribution in [0.4, 0.5) is 5.69 Å². The first-order valence-electron chi connectivity index (χ1n) is 10.7. The number of anilines is 1. The Morgan fingerprint density at radius 2 is 2.12 bits per heavy atom. The maximum atomic E-state index is 13.2. The van der Waals surface area contributed by atoms with Gasteiger partial charge in [-0.15, -0.1) is 11.3 Å². The smallest absolute Gasteiger partial charge is 0.244 e. The molecule has 2 amide bonds. The Hall–Kier alpha value is -2.55. The van der Waals surface area contributed by atoms with Crippen LogP contribution in [0.15, 0.2) is 40.4 Å². The lowest BCUT2D eigenvalue weighted by Crippen LogP contribution is -2.43. The average Bonchev–Trinajstić information content (AvgIpc) is 3.53. The Bertz CT molecular complexity index is 1070. The molecular weight excluding hydrogens is 442 g/mol.